The minimum atomic E-state index is -4.80. The Morgan fingerprint density at radius 2 is 1.94 bits per heavy atom. The summed E-state index contributed by atoms with van der Waals surface area (Å²) in [5, 5.41) is 7.26. The molecular weight excluding hydrogens is 318 g/mol. The maximum atomic E-state index is 13.2. The molecular formula is C11H6BrF4NO. The van der Waals surface area contributed by atoms with Crippen LogP contribution in [0.3, 0.4) is 0 Å². The second-order valence-electron chi connectivity index (χ2n) is 3.69. The molecule has 1 aromatic heterocycles. The number of fused-ring (bicyclic) bond motifs is 1. The summed E-state index contributed by atoms with van der Waals surface area (Å²) in [5.41, 5.74) is -1.39. The minimum absolute atomic E-state index is 0.0903. The SMILES string of the molecule is Cc1c(C(=N)C(F)(F)F)oc2c(Br)cc(F)cc12. The Hall–Kier alpha value is -1.37. The number of rotatable bonds is 1. The van der Waals surface area contributed by atoms with Crippen LogP contribution in [0.5, 0.6) is 0 Å². The highest BCUT2D eigenvalue weighted by Crippen LogP contribution is 2.34. The second kappa shape index (κ2) is 4.08. The van der Waals surface area contributed by atoms with Crippen LogP contribution in [0.15, 0.2) is 21.0 Å². The summed E-state index contributed by atoms with van der Waals surface area (Å²) in [5.74, 6) is -1.19. The highest BCUT2D eigenvalue weighted by Gasteiger charge is 2.39. The fraction of sp³-hybridized carbons (Fsp3) is 0.182. The molecule has 0 saturated carbocycles. The van der Waals surface area contributed by atoms with E-state index < -0.39 is 23.5 Å². The monoisotopic (exact) mass is 323 g/mol. The molecule has 1 heterocycles. The van der Waals surface area contributed by atoms with E-state index in [9.17, 15) is 17.6 Å². The van der Waals surface area contributed by atoms with Gasteiger partial charge in [-0.15, -0.1) is 0 Å². The van der Waals surface area contributed by atoms with Gasteiger partial charge in [-0.1, -0.05) is 0 Å². The Morgan fingerprint density at radius 1 is 1.33 bits per heavy atom. The molecule has 0 fully saturated rings. The first kappa shape index (κ1) is 13.1. The number of hydrogen-bond donors (Lipinski definition) is 1. The van der Waals surface area contributed by atoms with Crippen LogP contribution in [-0.4, -0.2) is 11.9 Å². The fourth-order valence-electron chi connectivity index (χ4n) is 1.61. The van der Waals surface area contributed by atoms with Crippen LogP contribution in [0.25, 0.3) is 11.0 Å². The van der Waals surface area contributed by atoms with Gasteiger partial charge in [0, 0.05) is 10.9 Å². The molecule has 0 aliphatic heterocycles. The van der Waals surface area contributed by atoms with E-state index in [0.717, 1.165) is 12.1 Å². The maximum Gasteiger partial charge on any atom is 0.436 e. The number of nitrogens with one attached hydrogen (secondary N) is 1. The molecule has 0 spiro atoms. The molecule has 0 aliphatic rings. The molecule has 0 saturated heterocycles. The van der Waals surface area contributed by atoms with Crippen LogP contribution >= 0.6 is 15.9 Å². The zero-order valence-corrected chi connectivity index (χ0v) is 10.5. The van der Waals surface area contributed by atoms with Crippen molar-refractivity contribution in [3.05, 3.63) is 33.7 Å². The Bertz CT molecular complexity index is 645. The standard InChI is InChI=1S/C11H6BrF4NO/c1-4-6-2-5(13)3-7(12)9(6)18-8(4)10(17)11(14,15)16/h2-3,17H,1H3. The average Bonchev–Trinajstić information content (AvgIpc) is 2.54. The summed E-state index contributed by atoms with van der Waals surface area (Å²) in [4.78, 5) is 0. The van der Waals surface area contributed by atoms with Gasteiger partial charge in [-0.25, -0.2) is 4.39 Å². The van der Waals surface area contributed by atoms with Gasteiger partial charge in [0.05, 0.1) is 4.47 Å². The molecule has 0 radical (unpaired) electrons. The van der Waals surface area contributed by atoms with Crippen molar-refractivity contribution in [2.75, 3.05) is 0 Å². The molecule has 1 aromatic carbocycles. The third-order valence-electron chi connectivity index (χ3n) is 2.47. The largest absolute Gasteiger partial charge is 0.453 e. The van der Waals surface area contributed by atoms with Gasteiger partial charge in [-0.3, -0.25) is 5.41 Å². The van der Waals surface area contributed by atoms with Crippen molar-refractivity contribution in [1.82, 2.24) is 0 Å². The van der Waals surface area contributed by atoms with Crippen LogP contribution < -0.4 is 0 Å². The highest BCUT2D eigenvalue weighted by atomic mass is 79.9. The van der Waals surface area contributed by atoms with Gasteiger partial charge in [0.1, 0.15) is 11.4 Å². The Morgan fingerprint density at radius 3 is 2.50 bits per heavy atom. The maximum absolute atomic E-state index is 13.2. The smallest absolute Gasteiger partial charge is 0.436 e. The van der Waals surface area contributed by atoms with Gasteiger partial charge >= 0.3 is 6.18 Å². The summed E-state index contributed by atoms with van der Waals surface area (Å²) in [6, 6.07) is 2.17. The molecule has 1 N–H and O–H groups in total. The van der Waals surface area contributed by atoms with Gasteiger partial charge in [0.25, 0.3) is 0 Å². The van der Waals surface area contributed by atoms with Crippen molar-refractivity contribution in [1.29, 1.82) is 5.41 Å². The first-order chi connectivity index (χ1) is 8.21. The van der Waals surface area contributed by atoms with Crippen molar-refractivity contribution in [3.8, 4) is 0 Å². The van der Waals surface area contributed by atoms with Crippen molar-refractivity contribution in [2.45, 2.75) is 13.1 Å². The molecule has 2 nitrogen and oxygen atoms in total. The van der Waals surface area contributed by atoms with Crippen LogP contribution in [-0.2, 0) is 0 Å². The fourth-order valence-corrected chi connectivity index (χ4v) is 2.12. The third kappa shape index (κ3) is 2.03. The van der Waals surface area contributed by atoms with Gasteiger partial charge < -0.3 is 4.42 Å². The number of furan rings is 1. The molecule has 18 heavy (non-hydrogen) atoms. The highest BCUT2D eigenvalue weighted by molar-refractivity contribution is 9.10. The molecule has 0 aliphatic carbocycles. The van der Waals surface area contributed by atoms with Crippen LogP contribution in [0.1, 0.15) is 11.3 Å². The van der Waals surface area contributed by atoms with Crippen molar-refractivity contribution in [3.63, 3.8) is 0 Å². The Balaban J connectivity index is 2.72. The summed E-state index contributed by atoms with van der Waals surface area (Å²) in [6.45, 7) is 1.35. The lowest BCUT2D eigenvalue weighted by atomic mass is 10.1. The summed E-state index contributed by atoms with van der Waals surface area (Å²) >= 11 is 3.01. The van der Waals surface area contributed by atoms with E-state index >= 15 is 0 Å². The third-order valence-corrected chi connectivity index (χ3v) is 3.06. The molecule has 96 valence electrons. The van der Waals surface area contributed by atoms with Gasteiger partial charge in [0.2, 0.25) is 0 Å². The lowest BCUT2D eigenvalue weighted by Crippen LogP contribution is -2.22. The average molecular weight is 324 g/mol. The van der Waals surface area contributed by atoms with Gasteiger partial charge in [-0.2, -0.15) is 13.2 Å². The number of hydrogen-bond acceptors (Lipinski definition) is 2. The van der Waals surface area contributed by atoms with E-state index in [1.54, 1.807) is 0 Å². The van der Waals surface area contributed by atoms with Crippen LogP contribution in [0.4, 0.5) is 17.6 Å². The van der Waals surface area contributed by atoms with Crippen LogP contribution in [0, 0.1) is 18.2 Å². The van der Waals surface area contributed by atoms with E-state index in [1.807, 2.05) is 0 Å². The first-order valence-corrected chi connectivity index (χ1v) is 5.55. The molecule has 2 rings (SSSR count). The topological polar surface area (TPSA) is 37.0 Å². The first-order valence-electron chi connectivity index (χ1n) is 4.76. The molecule has 0 bridgehead atoms. The van der Waals surface area contributed by atoms with Crippen molar-refractivity contribution >= 4 is 32.6 Å². The van der Waals surface area contributed by atoms with E-state index in [0.29, 0.717) is 0 Å². The molecule has 7 heteroatoms. The molecule has 0 atom stereocenters. The molecule has 2 aromatic rings. The van der Waals surface area contributed by atoms with E-state index in [1.165, 1.54) is 6.92 Å². The molecule has 0 unspecified atom stereocenters. The molecule has 0 amide bonds. The number of halogens is 5. The van der Waals surface area contributed by atoms with E-state index in [-0.39, 0.29) is 21.0 Å². The Kier molecular flexibility index (Phi) is 2.96. The number of aryl methyl sites for hydroxylation is 1. The summed E-state index contributed by atoms with van der Waals surface area (Å²) in [7, 11) is 0. The summed E-state index contributed by atoms with van der Waals surface area (Å²) < 4.78 is 55.8. The normalized spacial score (nSPS) is 12.1. The van der Waals surface area contributed by atoms with Crippen molar-refractivity contribution < 1.29 is 22.0 Å². The Labute approximate surface area is 107 Å². The minimum Gasteiger partial charge on any atom is -0.453 e. The quantitative estimate of drug-likeness (QED) is 0.605. The zero-order chi connectivity index (χ0) is 13.7. The van der Waals surface area contributed by atoms with Crippen molar-refractivity contribution in [2.24, 2.45) is 0 Å². The summed E-state index contributed by atoms with van der Waals surface area (Å²) in [6.07, 6.45) is -4.80. The predicted octanol–water partition coefficient (Wildman–Crippen LogP) is 4.57. The van der Waals surface area contributed by atoms with Gasteiger partial charge in [0.15, 0.2) is 11.5 Å². The van der Waals surface area contributed by atoms with E-state index in [2.05, 4.69) is 15.9 Å². The number of alkyl halides is 3. The van der Waals surface area contributed by atoms with Crippen LogP contribution in [0.2, 0.25) is 0 Å². The number of benzene rings is 1. The van der Waals surface area contributed by atoms with Gasteiger partial charge in [-0.05, 0) is 35.0 Å². The lowest BCUT2D eigenvalue weighted by Gasteiger charge is -2.05. The second-order valence-corrected chi connectivity index (χ2v) is 4.55. The lowest BCUT2D eigenvalue weighted by molar-refractivity contribution is -0.0596. The van der Waals surface area contributed by atoms with E-state index in [4.69, 9.17) is 9.83 Å². The predicted molar refractivity (Wildman–Crippen MR) is 61.5 cm³/mol. The zero-order valence-electron chi connectivity index (χ0n) is 8.95.